The molecule has 0 amide bonds. The van der Waals surface area contributed by atoms with Crippen molar-refractivity contribution in [2.24, 2.45) is 22.7 Å². The summed E-state index contributed by atoms with van der Waals surface area (Å²) in [6.07, 6.45) is -0.616. The summed E-state index contributed by atoms with van der Waals surface area (Å²) in [6, 6.07) is 16.0. The topological polar surface area (TPSA) is 105 Å². The first-order valence-corrected chi connectivity index (χ1v) is 16.3. The highest BCUT2D eigenvalue weighted by atomic mass is 19.1. The Labute approximate surface area is 267 Å². The smallest absolute Gasteiger partial charge is 0.193 e. The van der Waals surface area contributed by atoms with Crippen LogP contribution in [0, 0.1) is 22.7 Å². The normalized spacial score (nSPS) is 40.8. The highest BCUT2D eigenvalue weighted by Crippen LogP contribution is 2.72. The van der Waals surface area contributed by atoms with Gasteiger partial charge in [-0.1, -0.05) is 49.4 Å². The van der Waals surface area contributed by atoms with Crippen LogP contribution in [0.3, 0.4) is 0 Å². The number of hydrogen-bond donors (Lipinski definition) is 3. The number of anilines is 1. The summed E-state index contributed by atoms with van der Waals surface area (Å²) in [5.74, 6) is -2.58. The molecule has 7 rings (SSSR count). The molecule has 2 aromatic carbocycles. The van der Waals surface area contributed by atoms with E-state index in [0.717, 1.165) is 35.9 Å². The van der Waals surface area contributed by atoms with E-state index >= 15 is 8.78 Å². The van der Waals surface area contributed by atoms with Crippen LogP contribution < -0.4 is 5.32 Å². The number of fused-ring (bicyclic) bond motifs is 7. The molecule has 5 aliphatic rings. The summed E-state index contributed by atoms with van der Waals surface area (Å²) in [5, 5.41) is 25.2. The second kappa shape index (κ2) is 10.9. The lowest BCUT2D eigenvalue weighted by Gasteiger charge is -2.63. The van der Waals surface area contributed by atoms with Crippen molar-refractivity contribution in [2.75, 3.05) is 18.5 Å². The van der Waals surface area contributed by atoms with Gasteiger partial charge in [0.1, 0.15) is 12.8 Å². The van der Waals surface area contributed by atoms with E-state index < -0.39 is 76.8 Å². The molecule has 0 aromatic heterocycles. The molecule has 46 heavy (non-hydrogen) atoms. The van der Waals surface area contributed by atoms with Crippen molar-refractivity contribution in [2.45, 2.75) is 82.4 Å². The number of Topliss-reactive ketones (excluding diaryl/α,β-unsaturated/α-hetero) is 1. The number of nitrogens with one attached hydrogen (secondary N) is 1. The minimum absolute atomic E-state index is 0.0436. The van der Waals surface area contributed by atoms with E-state index in [4.69, 9.17) is 9.47 Å². The number of carbonyl (C=O) groups excluding carboxylic acids is 2. The third kappa shape index (κ3) is 4.21. The molecule has 7 nitrogen and oxygen atoms in total. The van der Waals surface area contributed by atoms with Gasteiger partial charge >= 0.3 is 0 Å². The molecule has 9 heteroatoms. The largest absolute Gasteiger partial charge is 0.390 e. The molecular weight excluding hydrogens is 592 g/mol. The van der Waals surface area contributed by atoms with Crippen molar-refractivity contribution in [1.82, 2.24) is 0 Å². The maximum atomic E-state index is 17.6. The van der Waals surface area contributed by atoms with Gasteiger partial charge in [-0.25, -0.2) is 8.78 Å². The van der Waals surface area contributed by atoms with Gasteiger partial charge in [-0.05, 0) is 86.4 Å². The lowest BCUT2D eigenvalue weighted by molar-refractivity contribution is -0.235. The maximum Gasteiger partial charge on any atom is 0.193 e. The average molecular weight is 634 g/mol. The monoisotopic (exact) mass is 633 g/mol. The second-order valence-corrected chi connectivity index (χ2v) is 14.1. The van der Waals surface area contributed by atoms with Crippen LogP contribution in [0.5, 0.6) is 0 Å². The molecular formula is C37H41F2NO6. The molecule has 1 heterocycles. The van der Waals surface area contributed by atoms with Crippen molar-refractivity contribution >= 4 is 17.3 Å². The molecule has 0 radical (unpaired) electrons. The van der Waals surface area contributed by atoms with Crippen molar-refractivity contribution in [3.8, 4) is 0 Å². The molecule has 0 bridgehead atoms. The van der Waals surface area contributed by atoms with Gasteiger partial charge in [0.15, 0.2) is 29.1 Å². The molecule has 3 saturated carbocycles. The van der Waals surface area contributed by atoms with Crippen LogP contribution in [-0.2, 0) is 25.5 Å². The third-order valence-corrected chi connectivity index (χ3v) is 11.9. The zero-order valence-electron chi connectivity index (χ0n) is 26.3. The molecule has 4 fully saturated rings. The summed E-state index contributed by atoms with van der Waals surface area (Å²) in [5.41, 5.74) is -2.60. The van der Waals surface area contributed by atoms with Gasteiger partial charge in [0, 0.05) is 34.5 Å². The number of hydrogen-bond acceptors (Lipinski definition) is 7. The first-order chi connectivity index (χ1) is 21.9. The second-order valence-electron chi connectivity index (χ2n) is 14.1. The first-order valence-electron chi connectivity index (χ1n) is 16.3. The number of allylic oxidation sites excluding steroid dienone is 4. The van der Waals surface area contributed by atoms with Crippen LogP contribution in [0.2, 0.25) is 0 Å². The Bertz CT molecular complexity index is 1630. The fourth-order valence-corrected chi connectivity index (χ4v) is 9.74. The zero-order chi connectivity index (χ0) is 32.6. The Morgan fingerprint density at radius 1 is 1.09 bits per heavy atom. The molecule has 1 saturated heterocycles. The third-order valence-electron chi connectivity index (χ3n) is 11.9. The number of ether oxygens (including phenoxy) is 2. The molecule has 4 aliphatic carbocycles. The summed E-state index contributed by atoms with van der Waals surface area (Å²) in [4.78, 5) is 25.9. The molecule has 0 unspecified atom stereocenters. The highest BCUT2D eigenvalue weighted by molar-refractivity contribution is 6.01. The number of aliphatic hydroxyl groups is 2. The lowest BCUT2D eigenvalue weighted by atomic mass is 9.44. The Morgan fingerprint density at radius 2 is 1.85 bits per heavy atom. The van der Waals surface area contributed by atoms with E-state index in [1.807, 2.05) is 36.4 Å². The van der Waals surface area contributed by atoms with Crippen LogP contribution in [0.1, 0.15) is 63.0 Å². The van der Waals surface area contributed by atoms with Crippen LogP contribution >= 0.6 is 0 Å². The van der Waals surface area contributed by atoms with Crippen molar-refractivity contribution < 1.29 is 38.1 Å². The van der Waals surface area contributed by atoms with Gasteiger partial charge in [0.2, 0.25) is 0 Å². The lowest BCUT2D eigenvalue weighted by Crippen LogP contribution is -2.70. The highest BCUT2D eigenvalue weighted by Gasteiger charge is 2.80. The Hall–Kier alpha value is -3.24. The van der Waals surface area contributed by atoms with E-state index in [1.165, 1.54) is 12.2 Å². The van der Waals surface area contributed by atoms with Crippen molar-refractivity contribution in [1.29, 1.82) is 0 Å². The Balaban J connectivity index is 1.18. The molecule has 3 N–H and O–H groups in total. The number of carbonyl (C=O) groups is 2. The van der Waals surface area contributed by atoms with Crippen LogP contribution in [0.4, 0.5) is 14.5 Å². The number of halogens is 2. The summed E-state index contributed by atoms with van der Waals surface area (Å²) in [7, 11) is 0. The SMILES string of the molecule is CCNc1cccc(Cc2ccc([C@H]3O[C@@H]4C[C@H]5[C@@H]6C[C@H](F)C7=CC(=O)C=C[C@]7(C)[C@@]6(F)[C@@H](O)C[C@]5(C)[C@]4(C(=O)CO)O3)cc2)c1. The van der Waals surface area contributed by atoms with Gasteiger partial charge in [-0.15, -0.1) is 0 Å². The van der Waals surface area contributed by atoms with Gasteiger partial charge in [0.25, 0.3) is 0 Å². The average Bonchev–Trinajstić information content (AvgIpc) is 3.53. The van der Waals surface area contributed by atoms with E-state index in [1.54, 1.807) is 13.8 Å². The van der Waals surface area contributed by atoms with Crippen LogP contribution in [0.25, 0.3) is 0 Å². The van der Waals surface area contributed by atoms with Gasteiger partial charge in [-0.3, -0.25) is 9.59 Å². The molecule has 10 atom stereocenters. The minimum atomic E-state index is -2.29. The number of aliphatic hydroxyl groups excluding tert-OH is 2. The molecule has 1 aliphatic heterocycles. The predicted octanol–water partition coefficient (Wildman–Crippen LogP) is 5.35. The number of ketones is 2. The molecule has 2 aromatic rings. The predicted molar refractivity (Wildman–Crippen MR) is 167 cm³/mol. The fraction of sp³-hybridized carbons (Fsp3) is 0.514. The summed E-state index contributed by atoms with van der Waals surface area (Å²) < 4.78 is 46.4. The van der Waals surface area contributed by atoms with E-state index in [2.05, 4.69) is 24.4 Å². The standard InChI is InChI=1S/C37H41F2NO6/c1-4-40-24-7-5-6-22(15-24)14-21-8-10-23(11-9-21)33-45-32-18-26-27-17-29(38)28-16-25(42)12-13-34(28,2)36(27,39)30(43)19-35(26,3)37(32,46-33)31(44)20-41/h5-13,15-16,26-27,29-30,32-33,40-41,43H,4,14,17-20H2,1-3H3/t26-,27-,29-,30-,32+,33-,34-,35-,36-,37+/m0/s1. The van der Waals surface area contributed by atoms with Crippen LogP contribution in [0.15, 0.2) is 72.3 Å². The zero-order valence-corrected chi connectivity index (χ0v) is 26.3. The van der Waals surface area contributed by atoms with E-state index in [0.29, 0.717) is 5.56 Å². The summed E-state index contributed by atoms with van der Waals surface area (Å²) in [6.45, 7) is 5.40. The number of alkyl halides is 2. The molecule has 0 spiro atoms. The fourth-order valence-electron chi connectivity index (χ4n) is 9.74. The van der Waals surface area contributed by atoms with Crippen molar-refractivity contribution in [3.63, 3.8) is 0 Å². The molecule has 244 valence electrons. The van der Waals surface area contributed by atoms with Gasteiger partial charge < -0.3 is 25.0 Å². The quantitative estimate of drug-likeness (QED) is 0.378. The van der Waals surface area contributed by atoms with Crippen LogP contribution in [-0.4, -0.2) is 64.6 Å². The number of rotatable bonds is 7. The summed E-state index contributed by atoms with van der Waals surface area (Å²) >= 11 is 0. The van der Waals surface area contributed by atoms with Gasteiger partial charge in [-0.2, -0.15) is 0 Å². The Kier molecular flexibility index (Phi) is 7.44. The number of benzene rings is 2. The maximum absolute atomic E-state index is 17.6. The van der Waals surface area contributed by atoms with Crippen molar-refractivity contribution in [3.05, 3.63) is 89.0 Å². The van der Waals surface area contributed by atoms with Gasteiger partial charge in [0.05, 0.1) is 12.2 Å². The first kappa shape index (κ1) is 31.4. The Morgan fingerprint density at radius 3 is 2.57 bits per heavy atom. The minimum Gasteiger partial charge on any atom is -0.390 e. The van der Waals surface area contributed by atoms with E-state index in [9.17, 15) is 19.8 Å². The van der Waals surface area contributed by atoms with E-state index in [-0.39, 0.29) is 24.8 Å².